The largest absolute Gasteiger partial charge is 0.403 e. The van der Waals surface area contributed by atoms with Crippen LogP contribution in [-0.4, -0.2) is 24.8 Å². The van der Waals surface area contributed by atoms with Crippen LogP contribution in [0.15, 0.2) is 23.5 Å². The number of hydrogen-bond acceptors (Lipinski definition) is 3. The maximum atomic E-state index is 11.3. The predicted octanol–water partition coefficient (Wildman–Crippen LogP) is 1.66. The molecule has 0 bridgehead atoms. The highest BCUT2D eigenvalue weighted by molar-refractivity contribution is 5.93. The number of nitrogens with zero attached hydrogens (tertiary/aromatic N) is 1. The van der Waals surface area contributed by atoms with E-state index in [1.54, 1.807) is 6.92 Å². The third-order valence-corrected chi connectivity index (χ3v) is 1.98. The molecule has 0 aromatic rings. The van der Waals surface area contributed by atoms with Gasteiger partial charge in [0.15, 0.2) is 5.78 Å². The molecule has 0 aliphatic heterocycles. The van der Waals surface area contributed by atoms with Gasteiger partial charge >= 0.3 is 0 Å². The standard InChI is InChI=1S/C11H20N2O/c1-5-6-10(9(2)14)7-11(8-12)13(3)4/h7-8H,5-6,12H2,1-4H3/b10-7+,11-8-. The summed E-state index contributed by atoms with van der Waals surface area (Å²) in [6, 6.07) is 0. The molecular weight excluding hydrogens is 176 g/mol. The van der Waals surface area contributed by atoms with Gasteiger partial charge in [-0.2, -0.15) is 0 Å². The van der Waals surface area contributed by atoms with Crippen molar-refractivity contribution in [1.29, 1.82) is 0 Å². The van der Waals surface area contributed by atoms with Gasteiger partial charge in [-0.3, -0.25) is 4.79 Å². The lowest BCUT2D eigenvalue weighted by molar-refractivity contribution is -0.113. The van der Waals surface area contributed by atoms with Crippen molar-refractivity contribution < 1.29 is 4.79 Å². The minimum absolute atomic E-state index is 0.119. The lowest BCUT2D eigenvalue weighted by Gasteiger charge is -2.14. The van der Waals surface area contributed by atoms with Crippen molar-refractivity contribution in [1.82, 2.24) is 4.90 Å². The van der Waals surface area contributed by atoms with E-state index in [4.69, 9.17) is 5.73 Å². The third-order valence-electron chi connectivity index (χ3n) is 1.98. The Morgan fingerprint density at radius 2 is 2.00 bits per heavy atom. The molecule has 3 heteroatoms. The van der Waals surface area contributed by atoms with Crippen LogP contribution in [0.1, 0.15) is 26.7 Å². The first-order valence-electron chi connectivity index (χ1n) is 4.83. The summed E-state index contributed by atoms with van der Waals surface area (Å²) >= 11 is 0. The molecule has 0 spiro atoms. The van der Waals surface area contributed by atoms with Crippen LogP contribution in [-0.2, 0) is 4.79 Å². The number of allylic oxidation sites excluding steroid dienone is 2. The first-order chi connectivity index (χ1) is 6.52. The number of hydrogen-bond donors (Lipinski definition) is 1. The molecular formula is C11H20N2O. The van der Waals surface area contributed by atoms with Crippen molar-refractivity contribution in [2.75, 3.05) is 14.1 Å². The van der Waals surface area contributed by atoms with Gasteiger partial charge in [0.2, 0.25) is 0 Å². The predicted molar refractivity (Wildman–Crippen MR) is 59.6 cm³/mol. The summed E-state index contributed by atoms with van der Waals surface area (Å²) in [5, 5.41) is 0. The summed E-state index contributed by atoms with van der Waals surface area (Å²) in [5.41, 5.74) is 7.15. The van der Waals surface area contributed by atoms with Crippen LogP contribution in [0.4, 0.5) is 0 Å². The van der Waals surface area contributed by atoms with Crippen molar-refractivity contribution in [3.8, 4) is 0 Å². The number of carbonyl (C=O) groups is 1. The Labute approximate surface area is 86.3 Å². The highest BCUT2D eigenvalue weighted by Gasteiger charge is 2.04. The van der Waals surface area contributed by atoms with Crippen molar-refractivity contribution >= 4 is 5.78 Å². The van der Waals surface area contributed by atoms with Gasteiger partial charge in [-0.1, -0.05) is 13.3 Å². The van der Waals surface area contributed by atoms with Gasteiger partial charge in [0.25, 0.3) is 0 Å². The topological polar surface area (TPSA) is 46.3 Å². The number of Topliss-reactive ketones (excluding diaryl/α,β-unsaturated/α-hetero) is 1. The zero-order valence-electron chi connectivity index (χ0n) is 9.50. The normalized spacial score (nSPS) is 12.9. The minimum atomic E-state index is 0.119. The molecule has 0 amide bonds. The molecule has 2 N–H and O–H groups in total. The molecule has 0 atom stereocenters. The third kappa shape index (κ3) is 4.12. The van der Waals surface area contributed by atoms with Crippen LogP contribution in [0, 0.1) is 0 Å². The number of likely N-dealkylation sites (N-methyl/N-ethyl adjacent to an activating group) is 1. The summed E-state index contributed by atoms with van der Waals surface area (Å²) in [6.07, 6.45) is 5.14. The first kappa shape index (κ1) is 12.8. The van der Waals surface area contributed by atoms with Gasteiger partial charge in [-0.05, 0) is 25.0 Å². The molecule has 0 aromatic carbocycles. The average molecular weight is 196 g/mol. The molecule has 80 valence electrons. The Kier molecular flexibility index (Phi) is 5.68. The smallest absolute Gasteiger partial charge is 0.155 e. The molecule has 0 aliphatic rings. The number of ketones is 1. The summed E-state index contributed by atoms with van der Waals surface area (Å²) < 4.78 is 0. The zero-order valence-corrected chi connectivity index (χ0v) is 9.50. The van der Waals surface area contributed by atoms with Gasteiger partial charge in [-0.25, -0.2) is 0 Å². The average Bonchev–Trinajstić information content (AvgIpc) is 2.11. The van der Waals surface area contributed by atoms with E-state index in [0.717, 1.165) is 24.1 Å². The summed E-state index contributed by atoms with van der Waals surface area (Å²) in [4.78, 5) is 13.1. The highest BCUT2D eigenvalue weighted by atomic mass is 16.1. The van der Waals surface area contributed by atoms with E-state index in [1.165, 1.54) is 6.20 Å². The van der Waals surface area contributed by atoms with Crippen LogP contribution < -0.4 is 5.73 Å². The molecule has 0 heterocycles. The van der Waals surface area contributed by atoms with Gasteiger partial charge in [0, 0.05) is 20.3 Å². The van der Waals surface area contributed by atoms with Gasteiger partial charge in [0.1, 0.15) is 0 Å². The molecule has 0 saturated heterocycles. The van der Waals surface area contributed by atoms with Crippen molar-refractivity contribution in [2.24, 2.45) is 5.73 Å². The second-order valence-electron chi connectivity index (χ2n) is 3.46. The molecule has 0 rings (SSSR count). The van der Waals surface area contributed by atoms with Crippen molar-refractivity contribution in [3.63, 3.8) is 0 Å². The summed E-state index contributed by atoms with van der Waals surface area (Å²) in [7, 11) is 3.80. The quantitative estimate of drug-likeness (QED) is 0.537. The maximum Gasteiger partial charge on any atom is 0.155 e. The molecule has 0 fully saturated rings. The van der Waals surface area contributed by atoms with Gasteiger partial charge in [-0.15, -0.1) is 0 Å². The van der Waals surface area contributed by atoms with Crippen LogP contribution >= 0.6 is 0 Å². The van der Waals surface area contributed by atoms with Crippen LogP contribution in [0.3, 0.4) is 0 Å². The van der Waals surface area contributed by atoms with E-state index >= 15 is 0 Å². The Morgan fingerprint density at radius 3 is 2.29 bits per heavy atom. The molecule has 0 aromatic heterocycles. The van der Waals surface area contributed by atoms with E-state index in [-0.39, 0.29) is 5.78 Å². The summed E-state index contributed by atoms with van der Waals surface area (Å²) in [6.45, 7) is 3.64. The van der Waals surface area contributed by atoms with E-state index in [1.807, 2.05) is 25.1 Å². The lowest BCUT2D eigenvalue weighted by Crippen LogP contribution is -2.12. The monoisotopic (exact) mass is 196 g/mol. The Hall–Kier alpha value is -1.25. The van der Waals surface area contributed by atoms with Crippen molar-refractivity contribution in [3.05, 3.63) is 23.5 Å². The lowest BCUT2D eigenvalue weighted by atomic mass is 10.1. The Balaban J connectivity index is 4.79. The number of carbonyl (C=O) groups excluding carboxylic acids is 1. The van der Waals surface area contributed by atoms with E-state index in [0.29, 0.717) is 0 Å². The van der Waals surface area contributed by atoms with Crippen LogP contribution in [0.2, 0.25) is 0 Å². The second kappa shape index (κ2) is 6.24. The molecule has 0 saturated carbocycles. The highest BCUT2D eigenvalue weighted by Crippen LogP contribution is 2.10. The number of nitrogens with two attached hydrogens (primary N) is 1. The van der Waals surface area contributed by atoms with E-state index in [2.05, 4.69) is 6.92 Å². The fraction of sp³-hybridized carbons (Fsp3) is 0.545. The zero-order chi connectivity index (χ0) is 11.1. The van der Waals surface area contributed by atoms with E-state index < -0.39 is 0 Å². The Morgan fingerprint density at radius 1 is 1.43 bits per heavy atom. The SMILES string of the molecule is CCC/C(=C\C(=C\N)N(C)C)C(C)=O. The number of rotatable bonds is 5. The summed E-state index contributed by atoms with van der Waals surface area (Å²) in [5.74, 6) is 0.119. The molecule has 0 aliphatic carbocycles. The van der Waals surface area contributed by atoms with Gasteiger partial charge in [0.05, 0.1) is 5.70 Å². The molecule has 0 radical (unpaired) electrons. The molecule has 14 heavy (non-hydrogen) atoms. The van der Waals surface area contributed by atoms with Crippen LogP contribution in [0.5, 0.6) is 0 Å². The first-order valence-corrected chi connectivity index (χ1v) is 4.83. The fourth-order valence-electron chi connectivity index (χ4n) is 1.12. The van der Waals surface area contributed by atoms with E-state index in [9.17, 15) is 4.79 Å². The Bertz CT molecular complexity index is 252. The van der Waals surface area contributed by atoms with Crippen molar-refractivity contribution in [2.45, 2.75) is 26.7 Å². The van der Waals surface area contributed by atoms with Gasteiger partial charge < -0.3 is 10.6 Å². The fourth-order valence-corrected chi connectivity index (χ4v) is 1.12. The van der Waals surface area contributed by atoms with Crippen LogP contribution in [0.25, 0.3) is 0 Å². The minimum Gasteiger partial charge on any atom is -0.403 e. The second-order valence-corrected chi connectivity index (χ2v) is 3.46. The molecule has 3 nitrogen and oxygen atoms in total. The molecule has 0 unspecified atom stereocenters. The maximum absolute atomic E-state index is 11.3.